The van der Waals surface area contributed by atoms with Gasteiger partial charge in [-0.05, 0) is 31.2 Å². The molecule has 0 atom stereocenters. The molecule has 0 radical (unpaired) electrons. The van der Waals surface area contributed by atoms with Gasteiger partial charge in [0.15, 0.2) is 0 Å². The molecule has 0 saturated carbocycles. The number of benzene rings is 1. The number of aryl methyl sites for hydroxylation is 2. The Labute approximate surface area is 93.9 Å². The Kier molecular flexibility index (Phi) is 1.86. The summed E-state index contributed by atoms with van der Waals surface area (Å²) in [7, 11) is 2.06. The predicted octanol–water partition coefficient (Wildman–Crippen LogP) is 2.67. The van der Waals surface area contributed by atoms with Crippen LogP contribution in [0.25, 0.3) is 16.7 Å². The molecule has 0 amide bonds. The molecule has 1 aromatic carbocycles. The fraction of sp³-hybridized carbons (Fsp3) is 0.154. The maximum Gasteiger partial charge on any atom is 0.134 e. The lowest BCUT2D eigenvalue weighted by molar-refractivity contribution is 0.788. The minimum absolute atomic E-state index is 1.09. The fourth-order valence-corrected chi connectivity index (χ4v) is 2.08. The van der Waals surface area contributed by atoms with Gasteiger partial charge in [-0.25, -0.2) is 4.68 Å². The molecule has 2 aromatic heterocycles. The Bertz CT molecular complexity index is 633. The summed E-state index contributed by atoms with van der Waals surface area (Å²) < 4.78 is 4.04. The molecule has 0 aliphatic rings. The molecule has 3 aromatic rings. The summed E-state index contributed by atoms with van der Waals surface area (Å²) in [6.45, 7) is 2.11. The SMILES string of the molecule is Cc1ccc2c(c1)cc(-n1cccn1)n2C. The molecule has 2 heterocycles. The van der Waals surface area contributed by atoms with Crippen LogP contribution < -0.4 is 0 Å². The van der Waals surface area contributed by atoms with Gasteiger partial charge in [-0.1, -0.05) is 11.6 Å². The average molecular weight is 211 g/mol. The van der Waals surface area contributed by atoms with Gasteiger partial charge >= 0.3 is 0 Å². The Balaban J connectivity index is 2.31. The maximum atomic E-state index is 4.26. The van der Waals surface area contributed by atoms with E-state index < -0.39 is 0 Å². The normalized spacial score (nSPS) is 11.1. The first kappa shape index (κ1) is 9.21. The van der Waals surface area contributed by atoms with Crippen LogP contribution in [0.4, 0.5) is 0 Å². The van der Waals surface area contributed by atoms with Crippen LogP contribution >= 0.6 is 0 Å². The molecule has 0 aliphatic carbocycles. The fourth-order valence-electron chi connectivity index (χ4n) is 2.08. The molecule has 0 unspecified atom stereocenters. The van der Waals surface area contributed by atoms with Gasteiger partial charge in [0.2, 0.25) is 0 Å². The molecular formula is C13H13N3. The number of hydrogen-bond donors (Lipinski definition) is 0. The van der Waals surface area contributed by atoms with Gasteiger partial charge < -0.3 is 4.57 Å². The Morgan fingerprint density at radius 2 is 2.06 bits per heavy atom. The Morgan fingerprint density at radius 3 is 2.81 bits per heavy atom. The number of fused-ring (bicyclic) bond motifs is 1. The van der Waals surface area contributed by atoms with E-state index in [4.69, 9.17) is 0 Å². The molecular weight excluding hydrogens is 198 g/mol. The monoisotopic (exact) mass is 211 g/mol. The van der Waals surface area contributed by atoms with Crippen LogP contribution in [-0.4, -0.2) is 14.3 Å². The van der Waals surface area contributed by atoms with Gasteiger partial charge in [-0.3, -0.25) is 0 Å². The third-order valence-corrected chi connectivity index (χ3v) is 2.91. The molecule has 3 heteroatoms. The van der Waals surface area contributed by atoms with Crippen LogP contribution in [0.5, 0.6) is 0 Å². The topological polar surface area (TPSA) is 22.8 Å². The van der Waals surface area contributed by atoms with Gasteiger partial charge in [-0.15, -0.1) is 0 Å². The van der Waals surface area contributed by atoms with Crippen LogP contribution in [-0.2, 0) is 7.05 Å². The van der Waals surface area contributed by atoms with Crippen molar-refractivity contribution in [1.82, 2.24) is 14.3 Å². The van der Waals surface area contributed by atoms with Crippen LogP contribution in [0.1, 0.15) is 5.56 Å². The van der Waals surface area contributed by atoms with Gasteiger partial charge in [0.1, 0.15) is 5.82 Å². The highest BCUT2D eigenvalue weighted by atomic mass is 15.3. The lowest BCUT2D eigenvalue weighted by Gasteiger charge is -2.03. The predicted molar refractivity (Wildman–Crippen MR) is 64.8 cm³/mol. The number of hydrogen-bond acceptors (Lipinski definition) is 1. The van der Waals surface area contributed by atoms with E-state index in [1.807, 2.05) is 16.9 Å². The minimum atomic E-state index is 1.09. The van der Waals surface area contributed by atoms with Crippen molar-refractivity contribution < 1.29 is 0 Å². The van der Waals surface area contributed by atoms with E-state index in [0.29, 0.717) is 0 Å². The first-order valence-corrected chi connectivity index (χ1v) is 5.32. The lowest BCUT2D eigenvalue weighted by Crippen LogP contribution is -2.01. The minimum Gasteiger partial charge on any atom is -0.329 e. The second kappa shape index (κ2) is 3.23. The van der Waals surface area contributed by atoms with Crippen molar-refractivity contribution in [3.8, 4) is 5.82 Å². The first-order valence-electron chi connectivity index (χ1n) is 5.32. The summed E-state index contributed by atoms with van der Waals surface area (Å²) in [4.78, 5) is 0. The Morgan fingerprint density at radius 1 is 1.19 bits per heavy atom. The summed E-state index contributed by atoms with van der Waals surface area (Å²) in [5.74, 6) is 1.09. The van der Waals surface area contributed by atoms with Crippen molar-refractivity contribution in [2.75, 3.05) is 0 Å². The van der Waals surface area contributed by atoms with E-state index in [-0.39, 0.29) is 0 Å². The maximum absolute atomic E-state index is 4.26. The zero-order chi connectivity index (χ0) is 11.1. The van der Waals surface area contributed by atoms with Crippen LogP contribution in [0.3, 0.4) is 0 Å². The van der Waals surface area contributed by atoms with Crippen LogP contribution in [0.15, 0.2) is 42.7 Å². The molecule has 80 valence electrons. The highest BCUT2D eigenvalue weighted by molar-refractivity contribution is 5.83. The molecule has 0 spiro atoms. The van der Waals surface area contributed by atoms with Crippen molar-refractivity contribution in [3.05, 3.63) is 48.3 Å². The van der Waals surface area contributed by atoms with E-state index in [1.165, 1.54) is 16.5 Å². The standard InChI is InChI=1S/C13H13N3/c1-10-4-5-12-11(8-10)9-13(15(12)2)16-7-3-6-14-16/h3-9H,1-2H3. The van der Waals surface area contributed by atoms with Crippen LogP contribution in [0.2, 0.25) is 0 Å². The lowest BCUT2D eigenvalue weighted by atomic mass is 10.2. The van der Waals surface area contributed by atoms with Crippen molar-refractivity contribution in [3.63, 3.8) is 0 Å². The van der Waals surface area contributed by atoms with Gasteiger partial charge in [0, 0.05) is 30.3 Å². The molecule has 0 fully saturated rings. The molecule has 3 nitrogen and oxygen atoms in total. The summed E-state index contributed by atoms with van der Waals surface area (Å²) in [5, 5.41) is 5.52. The van der Waals surface area contributed by atoms with Crippen molar-refractivity contribution in [2.24, 2.45) is 7.05 Å². The summed E-state index contributed by atoms with van der Waals surface area (Å²) >= 11 is 0. The van der Waals surface area contributed by atoms with Crippen molar-refractivity contribution in [2.45, 2.75) is 6.92 Å². The third-order valence-electron chi connectivity index (χ3n) is 2.91. The highest BCUT2D eigenvalue weighted by Crippen LogP contribution is 2.21. The quantitative estimate of drug-likeness (QED) is 0.606. The number of nitrogens with zero attached hydrogens (tertiary/aromatic N) is 3. The second-order valence-electron chi connectivity index (χ2n) is 4.07. The Hall–Kier alpha value is -2.03. The van der Waals surface area contributed by atoms with Crippen molar-refractivity contribution >= 4 is 10.9 Å². The molecule has 3 rings (SSSR count). The van der Waals surface area contributed by atoms with E-state index >= 15 is 0 Å². The van der Waals surface area contributed by atoms with E-state index in [1.54, 1.807) is 6.20 Å². The zero-order valence-electron chi connectivity index (χ0n) is 9.38. The van der Waals surface area contributed by atoms with Gasteiger partial charge in [0.05, 0.1) is 0 Å². The smallest absolute Gasteiger partial charge is 0.134 e. The highest BCUT2D eigenvalue weighted by Gasteiger charge is 2.06. The first-order chi connectivity index (χ1) is 7.75. The van der Waals surface area contributed by atoms with Gasteiger partial charge in [0.25, 0.3) is 0 Å². The number of aromatic nitrogens is 3. The summed E-state index contributed by atoms with van der Waals surface area (Å²) in [5.41, 5.74) is 2.52. The van der Waals surface area contributed by atoms with E-state index in [0.717, 1.165) is 5.82 Å². The molecule has 0 saturated heterocycles. The summed E-state index contributed by atoms with van der Waals surface area (Å²) in [6, 6.07) is 10.6. The zero-order valence-corrected chi connectivity index (χ0v) is 9.38. The van der Waals surface area contributed by atoms with E-state index in [9.17, 15) is 0 Å². The second-order valence-corrected chi connectivity index (χ2v) is 4.07. The molecule has 0 N–H and O–H groups in total. The molecule has 16 heavy (non-hydrogen) atoms. The van der Waals surface area contributed by atoms with Crippen LogP contribution in [0, 0.1) is 6.92 Å². The van der Waals surface area contributed by atoms with Gasteiger partial charge in [-0.2, -0.15) is 5.10 Å². The number of rotatable bonds is 1. The molecule has 0 aliphatic heterocycles. The third kappa shape index (κ3) is 1.25. The average Bonchev–Trinajstić information content (AvgIpc) is 2.86. The summed E-state index contributed by atoms with van der Waals surface area (Å²) in [6.07, 6.45) is 3.75. The van der Waals surface area contributed by atoms with E-state index in [2.05, 4.69) is 47.9 Å². The van der Waals surface area contributed by atoms with Crippen molar-refractivity contribution in [1.29, 1.82) is 0 Å². The molecule has 0 bridgehead atoms. The largest absolute Gasteiger partial charge is 0.329 e.